The molecule has 0 saturated heterocycles. The van der Waals surface area contributed by atoms with Crippen LogP contribution in [0.3, 0.4) is 0 Å². The molecule has 3 rings (SSSR count). The number of rotatable bonds is 2. The van der Waals surface area contributed by atoms with E-state index in [0.29, 0.717) is 0 Å². The zero-order valence-electron chi connectivity index (χ0n) is 10.1. The van der Waals surface area contributed by atoms with Crippen LogP contribution in [-0.4, -0.2) is 20.2 Å². The summed E-state index contributed by atoms with van der Waals surface area (Å²) in [4.78, 5) is 8.60. The molecule has 3 nitrogen and oxygen atoms in total. The minimum Gasteiger partial charge on any atom is -0.340 e. The van der Waals surface area contributed by atoms with Crippen molar-refractivity contribution >= 4 is 37.8 Å². The maximum Gasteiger partial charge on any atom is 0.141 e. The molecule has 3 aromatic rings. The summed E-state index contributed by atoms with van der Waals surface area (Å²) in [6.07, 6.45) is 1.60. The zero-order chi connectivity index (χ0) is 12.4. The van der Waals surface area contributed by atoms with Gasteiger partial charge in [-0.05, 0) is 23.4 Å². The van der Waals surface area contributed by atoms with Crippen LogP contribution in [0.4, 0.5) is 11.5 Å². The van der Waals surface area contributed by atoms with E-state index in [2.05, 4.69) is 33.5 Å². The lowest BCUT2D eigenvalue weighted by atomic mass is 10.2. The van der Waals surface area contributed by atoms with Gasteiger partial charge in [-0.25, -0.2) is 9.97 Å². The lowest BCUT2D eigenvalue weighted by molar-refractivity contribution is 1.22. The van der Waals surface area contributed by atoms with Gasteiger partial charge in [0.25, 0.3) is 0 Å². The molecule has 1 N–H and O–H groups in total. The van der Waals surface area contributed by atoms with Gasteiger partial charge in [-0.15, -0.1) is 0 Å². The van der Waals surface area contributed by atoms with E-state index in [9.17, 15) is 0 Å². The van der Waals surface area contributed by atoms with Crippen molar-refractivity contribution in [2.24, 2.45) is 0 Å². The highest BCUT2D eigenvalue weighted by Gasteiger charge is 2.04. The van der Waals surface area contributed by atoms with Gasteiger partial charge in [0.05, 0.1) is 5.52 Å². The number of nitrogens with zero attached hydrogens (tertiary/aromatic N) is 2. The molecule has 0 aliphatic heterocycles. The van der Waals surface area contributed by atoms with Crippen molar-refractivity contribution in [1.82, 2.24) is 9.97 Å². The minimum atomic E-state index is 0.865. The van der Waals surface area contributed by atoms with Crippen LogP contribution in [0, 0.1) is 0 Å². The highest BCUT2D eigenvalue weighted by molar-refractivity contribution is 6.36. The number of anilines is 2. The molecule has 18 heavy (non-hydrogen) atoms. The number of fused-ring (bicyclic) bond motifs is 1. The van der Waals surface area contributed by atoms with Crippen molar-refractivity contribution in [3.8, 4) is 0 Å². The third-order valence-electron chi connectivity index (χ3n) is 2.94. The Morgan fingerprint density at radius 1 is 0.889 bits per heavy atom. The van der Waals surface area contributed by atoms with E-state index in [0.717, 1.165) is 32.7 Å². The van der Waals surface area contributed by atoms with E-state index in [1.54, 1.807) is 6.33 Å². The predicted octanol–water partition coefficient (Wildman–Crippen LogP) is 1.36. The van der Waals surface area contributed by atoms with Gasteiger partial charge < -0.3 is 5.32 Å². The lowest BCUT2D eigenvalue weighted by Gasteiger charge is -2.10. The summed E-state index contributed by atoms with van der Waals surface area (Å²) in [6.45, 7) is 0. The molecular weight excluding hydrogens is 238 g/mol. The number of para-hydroxylation sites is 2. The smallest absolute Gasteiger partial charge is 0.141 e. The molecule has 0 spiro atoms. The molecule has 0 atom stereocenters. The summed E-state index contributed by atoms with van der Waals surface area (Å²) in [5.41, 5.74) is 2.09. The molecule has 0 fully saturated rings. The SMILES string of the molecule is [SiH3]c1ccccc1Nc1ncnc2ccccc12. The Morgan fingerprint density at radius 3 is 2.56 bits per heavy atom. The van der Waals surface area contributed by atoms with E-state index in [4.69, 9.17) is 0 Å². The third kappa shape index (κ3) is 1.98. The average molecular weight is 251 g/mol. The fourth-order valence-electron chi connectivity index (χ4n) is 1.95. The average Bonchev–Trinajstić information content (AvgIpc) is 2.42. The summed E-state index contributed by atoms with van der Waals surface area (Å²) < 4.78 is 0. The molecule has 4 heteroatoms. The Bertz CT molecular complexity index is 692. The van der Waals surface area contributed by atoms with Crippen molar-refractivity contribution in [3.05, 3.63) is 54.9 Å². The number of hydrogen-bond acceptors (Lipinski definition) is 3. The summed E-state index contributed by atoms with van der Waals surface area (Å²) >= 11 is 0. The number of benzene rings is 2. The first-order valence-electron chi connectivity index (χ1n) is 5.87. The summed E-state index contributed by atoms with van der Waals surface area (Å²) in [5, 5.41) is 5.78. The fourth-order valence-corrected chi connectivity index (χ4v) is 2.43. The van der Waals surface area contributed by atoms with Crippen LogP contribution in [0.1, 0.15) is 0 Å². The summed E-state index contributed by atoms with van der Waals surface area (Å²) in [5.74, 6) is 0.865. The molecule has 0 aliphatic rings. The van der Waals surface area contributed by atoms with Gasteiger partial charge in [-0.2, -0.15) is 0 Å². The Labute approximate surface area is 108 Å². The summed E-state index contributed by atoms with van der Waals surface area (Å²) in [7, 11) is 1.01. The van der Waals surface area contributed by atoms with Gasteiger partial charge in [0, 0.05) is 21.3 Å². The molecule has 0 radical (unpaired) electrons. The van der Waals surface area contributed by atoms with Crippen LogP contribution in [0.2, 0.25) is 0 Å². The van der Waals surface area contributed by atoms with Crippen molar-refractivity contribution < 1.29 is 0 Å². The first-order valence-corrected chi connectivity index (χ1v) is 6.87. The van der Waals surface area contributed by atoms with Gasteiger partial charge in [0.15, 0.2) is 0 Å². The maximum atomic E-state index is 4.34. The number of hydrogen-bond donors (Lipinski definition) is 1. The monoisotopic (exact) mass is 251 g/mol. The zero-order valence-corrected chi connectivity index (χ0v) is 12.1. The number of aromatic nitrogens is 2. The molecule has 88 valence electrons. The second-order valence-corrected chi connectivity index (χ2v) is 5.26. The highest BCUT2D eigenvalue weighted by atomic mass is 28.1. The van der Waals surface area contributed by atoms with E-state index in [1.807, 2.05) is 30.3 Å². The van der Waals surface area contributed by atoms with E-state index >= 15 is 0 Å². The molecule has 1 heterocycles. The van der Waals surface area contributed by atoms with Crippen LogP contribution in [0.5, 0.6) is 0 Å². The maximum absolute atomic E-state index is 4.34. The Kier molecular flexibility index (Phi) is 2.78. The second-order valence-electron chi connectivity index (χ2n) is 4.18. The lowest BCUT2D eigenvalue weighted by Crippen LogP contribution is -2.09. The molecule has 0 amide bonds. The van der Waals surface area contributed by atoms with Crippen LogP contribution in [0.15, 0.2) is 54.9 Å². The highest BCUT2D eigenvalue weighted by Crippen LogP contribution is 2.21. The topological polar surface area (TPSA) is 37.8 Å². The van der Waals surface area contributed by atoms with Gasteiger partial charge in [-0.1, -0.05) is 30.3 Å². The van der Waals surface area contributed by atoms with Gasteiger partial charge in [0.1, 0.15) is 12.1 Å². The van der Waals surface area contributed by atoms with Crippen molar-refractivity contribution in [2.75, 3.05) is 5.32 Å². The van der Waals surface area contributed by atoms with Crippen LogP contribution >= 0.6 is 0 Å². The number of nitrogens with one attached hydrogen (secondary N) is 1. The first kappa shape index (κ1) is 10.9. The molecule has 0 saturated carbocycles. The van der Waals surface area contributed by atoms with Crippen molar-refractivity contribution in [3.63, 3.8) is 0 Å². The van der Waals surface area contributed by atoms with E-state index in [1.165, 1.54) is 5.19 Å². The normalized spacial score (nSPS) is 10.7. The largest absolute Gasteiger partial charge is 0.340 e. The van der Waals surface area contributed by atoms with Crippen LogP contribution < -0.4 is 10.5 Å². The Balaban J connectivity index is 2.08. The second kappa shape index (κ2) is 4.58. The van der Waals surface area contributed by atoms with Crippen molar-refractivity contribution in [1.29, 1.82) is 0 Å². The predicted molar refractivity (Wildman–Crippen MR) is 78.8 cm³/mol. The van der Waals surface area contributed by atoms with Crippen molar-refractivity contribution in [2.45, 2.75) is 0 Å². The van der Waals surface area contributed by atoms with Crippen LogP contribution in [0.25, 0.3) is 10.9 Å². The van der Waals surface area contributed by atoms with Gasteiger partial charge >= 0.3 is 0 Å². The molecule has 1 aromatic heterocycles. The van der Waals surface area contributed by atoms with E-state index < -0.39 is 0 Å². The first-order chi connectivity index (χ1) is 8.84. The van der Waals surface area contributed by atoms with Gasteiger partial charge in [-0.3, -0.25) is 0 Å². The molecule has 0 unspecified atom stereocenters. The third-order valence-corrected chi connectivity index (χ3v) is 3.81. The van der Waals surface area contributed by atoms with Gasteiger partial charge in [0.2, 0.25) is 0 Å². The Hall–Kier alpha value is -2.20. The molecule has 0 aliphatic carbocycles. The molecule has 2 aromatic carbocycles. The molecular formula is C14H13N3Si. The standard InChI is InChI=1S/C14H13N3Si/c18-13-8-4-3-7-12(13)17-14-10-5-1-2-6-11(10)15-9-16-14/h1-9H,18H3,(H,15,16,17). The Morgan fingerprint density at radius 2 is 1.67 bits per heavy atom. The quantitative estimate of drug-likeness (QED) is 0.699. The molecule has 0 bridgehead atoms. The summed E-state index contributed by atoms with van der Waals surface area (Å²) in [6, 6.07) is 16.3. The minimum absolute atomic E-state index is 0.865. The van der Waals surface area contributed by atoms with Crippen LogP contribution in [-0.2, 0) is 0 Å². The fraction of sp³-hybridized carbons (Fsp3) is 0. The van der Waals surface area contributed by atoms with E-state index in [-0.39, 0.29) is 0 Å².